The summed E-state index contributed by atoms with van der Waals surface area (Å²) in [7, 11) is 0. The van der Waals surface area contributed by atoms with Crippen molar-refractivity contribution in [3.05, 3.63) is 112 Å². The third-order valence-electron chi connectivity index (χ3n) is 5.32. The first-order valence-corrected chi connectivity index (χ1v) is 10.2. The maximum atomic E-state index is 10.2. The molecule has 0 radical (unpaired) electrons. The lowest BCUT2D eigenvalue weighted by Crippen LogP contribution is -2.28. The summed E-state index contributed by atoms with van der Waals surface area (Å²) in [6.07, 6.45) is 2.55. The van der Waals surface area contributed by atoms with Gasteiger partial charge >= 0.3 is 0 Å². The van der Waals surface area contributed by atoms with E-state index in [1.54, 1.807) is 0 Å². The van der Waals surface area contributed by atoms with Crippen molar-refractivity contribution in [2.24, 2.45) is 5.11 Å². The van der Waals surface area contributed by atoms with E-state index in [4.69, 9.17) is 5.53 Å². The summed E-state index contributed by atoms with van der Waals surface area (Å²) >= 11 is 0. The monoisotopic (exact) mass is 395 g/mol. The number of azide groups is 1. The van der Waals surface area contributed by atoms with Crippen molar-refractivity contribution in [1.82, 2.24) is 5.32 Å². The largest absolute Gasteiger partial charge is 0.316 e. The summed E-state index contributed by atoms with van der Waals surface area (Å²) in [6, 6.07) is 30.4. The zero-order chi connectivity index (χ0) is 21.1. The molecule has 0 spiro atoms. The number of rotatable bonds is 10. The Kier molecular flexibility index (Phi) is 7.63. The summed E-state index contributed by atoms with van der Waals surface area (Å²) in [5.74, 6) is 0. The maximum Gasteiger partial charge on any atom is 0.107 e. The smallest absolute Gasteiger partial charge is 0.107 e. The second-order valence-corrected chi connectivity index (χ2v) is 7.21. The van der Waals surface area contributed by atoms with Gasteiger partial charge in [-0.3, -0.25) is 0 Å². The number of hydrogen-bond acceptors (Lipinski definition) is 3. The number of benzene rings is 3. The molecule has 0 aliphatic rings. The average molecular weight is 396 g/mol. The maximum absolute atomic E-state index is 10.2. The van der Waals surface area contributed by atoms with E-state index in [0.717, 1.165) is 43.5 Å². The van der Waals surface area contributed by atoms with Crippen LogP contribution in [0.5, 0.6) is 0 Å². The summed E-state index contributed by atoms with van der Waals surface area (Å²) in [5, 5.41) is 17.3. The standard InChI is InChI=1S/C25H25N5/c26-20-25(22-8-3-1-4-9-22,23-10-5-2-6-11-23)17-7-18-28-19-16-21-12-14-24(15-13-21)29-30-27/h1-6,8-15,28H,7,16-19H2. The van der Waals surface area contributed by atoms with E-state index >= 15 is 0 Å². The Labute approximate surface area is 177 Å². The Morgan fingerprint density at radius 3 is 2.00 bits per heavy atom. The quantitative estimate of drug-likeness (QED) is 0.196. The van der Waals surface area contributed by atoms with Gasteiger partial charge in [-0.05, 0) is 54.6 Å². The van der Waals surface area contributed by atoms with Crippen LogP contribution < -0.4 is 5.32 Å². The van der Waals surface area contributed by atoms with E-state index in [-0.39, 0.29) is 0 Å². The molecule has 0 aromatic heterocycles. The fraction of sp³-hybridized carbons (Fsp3) is 0.240. The van der Waals surface area contributed by atoms with Crippen molar-refractivity contribution in [2.75, 3.05) is 13.1 Å². The molecule has 1 N–H and O–H groups in total. The normalized spacial score (nSPS) is 10.8. The van der Waals surface area contributed by atoms with Gasteiger partial charge in [-0.1, -0.05) is 90.0 Å². The highest BCUT2D eigenvalue weighted by atomic mass is 15.1. The SMILES string of the molecule is N#CC(CCCNCCc1ccc(N=[N+]=[N-])cc1)(c1ccccc1)c1ccccc1. The number of nitriles is 1. The minimum absolute atomic E-state index is 0.629. The first kappa shape index (κ1) is 21.1. The third kappa shape index (κ3) is 5.27. The second kappa shape index (κ2) is 10.8. The minimum Gasteiger partial charge on any atom is -0.316 e. The van der Waals surface area contributed by atoms with Gasteiger partial charge in [-0.15, -0.1) is 0 Å². The molecule has 0 atom stereocenters. The van der Waals surface area contributed by atoms with Crippen LogP contribution >= 0.6 is 0 Å². The first-order chi connectivity index (χ1) is 14.8. The zero-order valence-electron chi connectivity index (χ0n) is 16.9. The van der Waals surface area contributed by atoms with Crippen LogP contribution in [-0.4, -0.2) is 13.1 Å². The highest BCUT2D eigenvalue weighted by molar-refractivity contribution is 5.45. The van der Waals surface area contributed by atoms with Gasteiger partial charge in [-0.2, -0.15) is 5.26 Å². The molecular formula is C25H25N5. The van der Waals surface area contributed by atoms with Gasteiger partial charge in [0.25, 0.3) is 0 Å². The summed E-state index contributed by atoms with van der Waals surface area (Å²) in [5.41, 5.74) is 11.7. The Morgan fingerprint density at radius 2 is 1.47 bits per heavy atom. The van der Waals surface area contributed by atoms with Crippen molar-refractivity contribution in [2.45, 2.75) is 24.7 Å². The molecule has 0 fully saturated rings. The predicted molar refractivity (Wildman–Crippen MR) is 120 cm³/mol. The molecule has 0 aliphatic heterocycles. The Balaban J connectivity index is 1.56. The average Bonchev–Trinajstić information content (AvgIpc) is 2.81. The summed E-state index contributed by atoms with van der Waals surface area (Å²) in [4.78, 5) is 2.79. The number of hydrogen-bond donors (Lipinski definition) is 1. The summed E-state index contributed by atoms with van der Waals surface area (Å²) in [6.45, 7) is 1.71. The Morgan fingerprint density at radius 1 is 0.867 bits per heavy atom. The first-order valence-electron chi connectivity index (χ1n) is 10.2. The van der Waals surface area contributed by atoms with Crippen LogP contribution in [0.25, 0.3) is 10.4 Å². The second-order valence-electron chi connectivity index (χ2n) is 7.21. The summed E-state index contributed by atoms with van der Waals surface area (Å²) < 4.78 is 0. The van der Waals surface area contributed by atoms with Crippen molar-refractivity contribution in [1.29, 1.82) is 5.26 Å². The van der Waals surface area contributed by atoms with Crippen molar-refractivity contribution < 1.29 is 0 Å². The molecule has 3 aromatic rings. The lowest BCUT2D eigenvalue weighted by Gasteiger charge is -2.28. The van der Waals surface area contributed by atoms with E-state index in [2.05, 4.69) is 21.4 Å². The van der Waals surface area contributed by atoms with Gasteiger partial charge in [0, 0.05) is 10.6 Å². The third-order valence-corrected chi connectivity index (χ3v) is 5.32. The van der Waals surface area contributed by atoms with Crippen molar-refractivity contribution >= 4 is 5.69 Å². The lowest BCUT2D eigenvalue weighted by molar-refractivity contribution is 0.533. The van der Waals surface area contributed by atoms with Gasteiger partial charge in [0.2, 0.25) is 0 Å². The fourth-order valence-corrected chi connectivity index (χ4v) is 3.70. The molecule has 0 heterocycles. The molecule has 0 bridgehead atoms. The predicted octanol–water partition coefficient (Wildman–Crippen LogP) is 6.05. The van der Waals surface area contributed by atoms with E-state index in [0.29, 0.717) is 5.69 Å². The van der Waals surface area contributed by atoms with Gasteiger partial charge in [0.1, 0.15) is 5.41 Å². The van der Waals surface area contributed by atoms with E-state index in [1.165, 1.54) is 5.56 Å². The van der Waals surface area contributed by atoms with Crippen molar-refractivity contribution in [3.8, 4) is 6.07 Å². The molecule has 0 amide bonds. The van der Waals surface area contributed by atoms with Gasteiger partial charge in [0.05, 0.1) is 6.07 Å². The molecule has 0 saturated heterocycles. The zero-order valence-corrected chi connectivity index (χ0v) is 16.9. The van der Waals surface area contributed by atoms with Crippen LogP contribution in [0.3, 0.4) is 0 Å². The van der Waals surface area contributed by atoms with Gasteiger partial charge < -0.3 is 5.32 Å². The molecule has 0 saturated carbocycles. The van der Waals surface area contributed by atoms with Gasteiger partial charge in [0.15, 0.2) is 0 Å². The van der Waals surface area contributed by atoms with Crippen LogP contribution in [0.2, 0.25) is 0 Å². The highest BCUT2D eigenvalue weighted by Gasteiger charge is 2.33. The molecule has 30 heavy (non-hydrogen) atoms. The molecular weight excluding hydrogens is 370 g/mol. The fourth-order valence-electron chi connectivity index (χ4n) is 3.70. The molecule has 0 aliphatic carbocycles. The molecule has 5 nitrogen and oxygen atoms in total. The van der Waals surface area contributed by atoms with Crippen LogP contribution in [0.1, 0.15) is 29.5 Å². The molecule has 0 unspecified atom stereocenters. The van der Waals surface area contributed by atoms with Crippen LogP contribution in [0.15, 0.2) is 90.0 Å². The minimum atomic E-state index is -0.638. The molecule has 3 aromatic carbocycles. The molecule has 150 valence electrons. The van der Waals surface area contributed by atoms with Crippen LogP contribution in [0, 0.1) is 11.3 Å². The lowest BCUT2D eigenvalue weighted by atomic mass is 9.72. The van der Waals surface area contributed by atoms with E-state index in [9.17, 15) is 5.26 Å². The van der Waals surface area contributed by atoms with E-state index in [1.807, 2.05) is 84.9 Å². The van der Waals surface area contributed by atoms with E-state index < -0.39 is 5.41 Å². The Hall–Kier alpha value is -3.58. The topological polar surface area (TPSA) is 84.6 Å². The molecule has 3 rings (SSSR count). The van der Waals surface area contributed by atoms with Crippen molar-refractivity contribution in [3.63, 3.8) is 0 Å². The highest BCUT2D eigenvalue weighted by Crippen LogP contribution is 2.36. The molecule has 5 heteroatoms. The Bertz CT molecular complexity index is 961. The van der Waals surface area contributed by atoms with Gasteiger partial charge in [-0.25, -0.2) is 0 Å². The number of nitrogens with zero attached hydrogens (tertiary/aromatic N) is 4. The number of nitrogens with one attached hydrogen (secondary N) is 1. The van der Waals surface area contributed by atoms with Crippen LogP contribution in [-0.2, 0) is 11.8 Å². The van der Waals surface area contributed by atoms with Crippen LogP contribution in [0.4, 0.5) is 5.69 Å².